The van der Waals surface area contributed by atoms with E-state index >= 15 is 0 Å². The van der Waals surface area contributed by atoms with Crippen LogP contribution >= 0.6 is 11.3 Å². The van der Waals surface area contributed by atoms with Crippen molar-refractivity contribution in [1.29, 1.82) is 0 Å². The number of benzene rings is 2. The van der Waals surface area contributed by atoms with E-state index in [4.69, 9.17) is 9.72 Å². The lowest BCUT2D eigenvalue weighted by molar-refractivity contribution is 0.414. The van der Waals surface area contributed by atoms with Crippen molar-refractivity contribution in [3.05, 3.63) is 71.2 Å². The van der Waals surface area contributed by atoms with Crippen molar-refractivity contribution in [2.24, 2.45) is 4.99 Å². The van der Waals surface area contributed by atoms with Crippen LogP contribution in [0.5, 0.6) is 5.75 Å². The summed E-state index contributed by atoms with van der Waals surface area (Å²) in [6.45, 7) is 4.10. The number of aliphatic imine (C=N–C) groups is 1. The van der Waals surface area contributed by atoms with Crippen molar-refractivity contribution in [2.45, 2.75) is 20.0 Å². The highest BCUT2D eigenvalue weighted by Crippen LogP contribution is 2.23. The molecule has 2 aromatic carbocycles. The maximum absolute atomic E-state index is 5.19. The summed E-state index contributed by atoms with van der Waals surface area (Å²) in [4.78, 5) is 9.36. The number of thiazole rings is 1. The SMILES string of the molecule is CCNC(=NCc1ccc(OC)cc1)NCc1csc(-c2ccccc2)n1. The fourth-order valence-corrected chi connectivity index (χ4v) is 3.34. The lowest BCUT2D eigenvalue weighted by Gasteiger charge is -2.10. The largest absolute Gasteiger partial charge is 0.497 e. The van der Waals surface area contributed by atoms with Crippen LogP contribution in [0.3, 0.4) is 0 Å². The van der Waals surface area contributed by atoms with Crippen molar-refractivity contribution in [2.75, 3.05) is 13.7 Å². The first-order valence-corrected chi connectivity index (χ1v) is 9.81. The molecule has 0 fully saturated rings. The second-order valence-corrected chi connectivity index (χ2v) is 6.76. The summed E-state index contributed by atoms with van der Waals surface area (Å²) in [5, 5.41) is 9.75. The zero-order valence-electron chi connectivity index (χ0n) is 15.6. The number of rotatable bonds is 7. The Bertz CT molecular complexity index is 859. The Hall–Kier alpha value is -2.86. The molecular weight excluding hydrogens is 356 g/mol. The molecule has 140 valence electrons. The number of ether oxygens (including phenoxy) is 1. The first-order valence-electron chi connectivity index (χ1n) is 8.93. The molecule has 0 spiro atoms. The predicted molar refractivity (Wildman–Crippen MR) is 112 cm³/mol. The molecule has 0 saturated carbocycles. The minimum atomic E-state index is 0.603. The van der Waals surface area contributed by atoms with Crippen LogP contribution in [0.4, 0.5) is 0 Å². The van der Waals surface area contributed by atoms with Gasteiger partial charge < -0.3 is 15.4 Å². The van der Waals surface area contributed by atoms with E-state index in [0.717, 1.165) is 40.1 Å². The fourth-order valence-electron chi connectivity index (χ4n) is 2.52. The van der Waals surface area contributed by atoms with Gasteiger partial charge in [-0.1, -0.05) is 42.5 Å². The van der Waals surface area contributed by atoms with Gasteiger partial charge in [-0.15, -0.1) is 11.3 Å². The molecule has 0 aliphatic heterocycles. The maximum Gasteiger partial charge on any atom is 0.191 e. The minimum absolute atomic E-state index is 0.603. The van der Waals surface area contributed by atoms with Gasteiger partial charge in [0.2, 0.25) is 0 Å². The minimum Gasteiger partial charge on any atom is -0.497 e. The second-order valence-electron chi connectivity index (χ2n) is 5.91. The van der Waals surface area contributed by atoms with E-state index in [1.807, 2.05) is 42.5 Å². The number of hydrogen-bond acceptors (Lipinski definition) is 4. The average Bonchev–Trinajstić information content (AvgIpc) is 3.20. The number of hydrogen-bond donors (Lipinski definition) is 2. The molecule has 1 aromatic heterocycles. The molecule has 3 rings (SSSR count). The Morgan fingerprint density at radius 1 is 1.07 bits per heavy atom. The number of guanidine groups is 1. The fraction of sp³-hybridized carbons (Fsp3) is 0.238. The average molecular weight is 381 g/mol. The van der Waals surface area contributed by atoms with Gasteiger partial charge in [0.25, 0.3) is 0 Å². The normalized spacial score (nSPS) is 11.3. The third-order valence-corrected chi connectivity index (χ3v) is 4.87. The Morgan fingerprint density at radius 2 is 1.85 bits per heavy atom. The van der Waals surface area contributed by atoms with Crippen LogP contribution in [0, 0.1) is 0 Å². The summed E-state index contributed by atoms with van der Waals surface area (Å²) in [7, 11) is 1.67. The number of methoxy groups -OCH3 is 1. The van der Waals surface area contributed by atoms with Gasteiger partial charge in [0.1, 0.15) is 10.8 Å². The maximum atomic E-state index is 5.19. The van der Waals surface area contributed by atoms with Gasteiger partial charge in [-0.05, 0) is 24.6 Å². The van der Waals surface area contributed by atoms with E-state index in [-0.39, 0.29) is 0 Å². The first kappa shape index (κ1) is 18.9. The highest BCUT2D eigenvalue weighted by molar-refractivity contribution is 7.13. The molecule has 0 radical (unpaired) electrons. The number of nitrogens with zero attached hydrogens (tertiary/aromatic N) is 2. The van der Waals surface area contributed by atoms with E-state index in [1.54, 1.807) is 18.4 Å². The van der Waals surface area contributed by atoms with Gasteiger partial charge >= 0.3 is 0 Å². The topological polar surface area (TPSA) is 58.5 Å². The molecule has 2 N–H and O–H groups in total. The summed E-state index contributed by atoms with van der Waals surface area (Å²) >= 11 is 1.66. The molecule has 0 aliphatic rings. The zero-order valence-corrected chi connectivity index (χ0v) is 16.4. The molecule has 1 heterocycles. The van der Waals surface area contributed by atoms with Crippen LogP contribution in [-0.4, -0.2) is 24.6 Å². The van der Waals surface area contributed by atoms with E-state index < -0.39 is 0 Å². The summed E-state index contributed by atoms with van der Waals surface area (Å²) in [5.74, 6) is 1.63. The Labute approximate surface area is 164 Å². The van der Waals surface area contributed by atoms with Gasteiger partial charge in [0, 0.05) is 17.5 Å². The Kier molecular flexibility index (Phi) is 6.82. The molecule has 6 heteroatoms. The van der Waals surface area contributed by atoms with Gasteiger partial charge in [-0.25, -0.2) is 9.98 Å². The molecule has 27 heavy (non-hydrogen) atoms. The van der Waals surface area contributed by atoms with Crippen LogP contribution in [0.2, 0.25) is 0 Å². The van der Waals surface area contributed by atoms with E-state index in [1.165, 1.54) is 0 Å². The summed E-state index contributed by atoms with van der Waals surface area (Å²) in [6, 6.07) is 18.2. The zero-order chi connectivity index (χ0) is 18.9. The van der Waals surface area contributed by atoms with Crippen molar-refractivity contribution >= 4 is 17.3 Å². The third kappa shape index (κ3) is 5.56. The molecule has 0 saturated heterocycles. The van der Waals surface area contributed by atoms with Gasteiger partial charge in [-0.2, -0.15) is 0 Å². The molecule has 0 atom stereocenters. The summed E-state index contributed by atoms with van der Waals surface area (Å²) in [5.41, 5.74) is 3.29. The highest BCUT2D eigenvalue weighted by atomic mass is 32.1. The Balaban J connectivity index is 1.60. The molecule has 0 unspecified atom stereocenters. The molecule has 0 aliphatic carbocycles. The molecular formula is C21H24N4OS. The van der Waals surface area contributed by atoms with Crippen LogP contribution in [0.25, 0.3) is 10.6 Å². The van der Waals surface area contributed by atoms with Crippen LogP contribution in [0.1, 0.15) is 18.2 Å². The van der Waals surface area contributed by atoms with Gasteiger partial charge in [0.15, 0.2) is 5.96 Å². The summed E-state index contributed by atoms with van der Waals surface area (Å²) < 4.78 is 5.19. The van der Waals surface area contributed by atoms with Gasteiger partial charge in [-0.3, -0.25) is 0 Å². The Morgan fingerprint density at radius 3 is 2.56 bits per heavy atom. The van der Waals surface area contributed by atoms with Crippen LogP contribution in [0.15, 0.2) is 65.0 Å². The van der Waals surface area contributed by atoms with Crippen molar-refractivity contribution in [3.8, 4) is 16.3 Å². The smallest absolute Gasteiger partial charge is 0.191 e. The monoisotopic (exact) mass is 380 g/mol. The standard InChI is InChI=1S/C21H24N4OS/c1-3-22-21(23-13-16-9-11-19(26-2)12-10-16)24-14-18-15-27-20(25-18)17-7-5-4-6-8-17/h4-12,15H,3,13-14H2,1-2H3,(H2,22,23,24). The van der Waals surface area contributed by atoms with Crippen molar-refractivity contribution in [3.63, 3.8) is 0 Å². The highest BCUT2D eigenvalue weighted by Gasteiger charge is 2.05. The van der Waals surface area contributed by atoms with E-state index in [9.17, 15) is 0 Å². The lowest BCUT2D eigenvalue weighted by Crippen LogP contribution is -2.36. The van der Waals surface area contributed by atoms with Crippen molar-refractivity contribution in [1.82, 2.24) is 15.6 Å². The second kappa shape index (κ2) is 9.73. The molecule has 0 bridgehead atoms. The first-order chi connectivity index (χ1) is 13.3. The number of nitrogens with one attached hydrogen (secondary N) is 2. The number of aromatic nitrogens is 1. The molecule has 5 nitrogen and oxygen atoms in total. The summed E-state index contributed by atoms with van der Waals surface area (Å²) in [6.07, 6.45) is 0. The third-order valence-electron chi connectivity index (χ3n) is 3.93. The van der Waals surface area contributed by atoms with Crippen LogP contribution < -0.4 is 15.4 Å². The quantitative estimate of drug-likeness (QED) is 0.479. The van der Waals surface area contributed by atoms with Crippen LogP contribution in [-0.2, 0) is 13.1 Å². The van der Waals surface area contributed by atoms with E-state index in [2.05, 4.69) is 40.1 Å². The van der Waals surface area contributed by atoms with Crippen molar-refractivity contribution < 1.29 is 4.74 Å². The lowest BCUT2D eigenvalue weighted by atomic mass is 10.2. The molecule has 0 amide bonds. The van der Waals surface area contributed by atoms with E-state index in [0.29, 0.717) is 13.1 Å². The predicted octanol–water partition coefficient (Wildman–Crippen LogP) is 4.07. The van der Waals surface area contributed by atoms with Gasteiger partial charge in [0.05, 0.1) is 25.9 Å². The molecule has 3 aromatic rings.